The number of hydrogen-bond acceptors (Lipinski definition) is 6. The van der Waals surface area contributed by atoms with Crippen LogP contribution in [-0.4, -0.2) is 54.5 Å². The Bertz CT molecular complexity index is 1530. The van der Waals surface area contributed by atoms with Crippen molar-refractivity contribution in [2.24, 2.45) is 7.05 Å². The smallest absolute Gasteiger partial charge is 0.410 e. The molecule has 0 aliphatic carbocycles. The number of benzene rings is 1. The molecule has 0 unspecified atom stereocenters. The maximum absolute atomic E-state index is 14.3. The summed E-state index contributed by atoms with van der Waals surface area (Å²) < 4.78 is 29.6. The number of imidazole rings is 1. The van der Waals surface area contributed by atoms with Crippen LogP contribution in [0.3, 0.4) is 0 Å². The molecule has 0 aliphatic rings. The summed E-state index contributed by atoms with van der Waals surface area (Å²) in [5.74, 6) is -0.00453. The fourth-order valence-electron chi connectivity index (χ4n) is 4.51. The van der Waals surface area contributed by atoms with Crippen LogP contribution in [0.5, 0.6) is 5.75 Å². The van der Waals surface area contributed by atoms with Gasteiger partial charge in [0, 0.05) is 55.2 Å². The summed E-state index contributed by atoms with van der Waals surface area (Å²) in [6.45, 7) is 11.4. The lowest BCUT2D eigenvalue weighted by atomic mass is 9.98. The number of pyridine rings is 1. The molecule has 0 fully saturated rings. The van der Waals surface area contributed by atoms with Gasteiger partial charge < -0.3 is 23.9 Å². The minimum absolute atomic E-state index is 0.269. The van der Waals surface area contributed by atoms with E-state index in [2.05, 4.69) is 10.1 Å². The van der Waals surface area contributed by atoms with Crippen LogP contribution in [0, 0.1) is 12.7 Å². The number of nitrogens with zero attached hydrogens (tertiary/aromatic N) is 5. The summed E-state index contributed by atoms with van der Waals surface area (Å²) in [7, 11) is 3.52. The molecule has 0 saturated carbocycles. The van der Waals surface area contributed by atoms with Crippen molar-refractivity contribution in [1.29, 1.82) is 0 Å². The minimum atomic E-state index is -1.10. The number of aliphatic hydroxyl groups is 1. The maximum atomic E-state index is 14.3. The van der Waals surface area contributed by atoms with Gasteiger partial charge in [0.15, 0.2) is 0 Å². The lowest BCUT2D eigenvalue weighted by Gasteiger charge is -2.24. The van der Waals surface area contributed by atoms with E-state index in [1.54, 1.807) is 37.8 Å². The Morgan fingerprint density at radius 3 is 2.55 bits per heavy atom. The third-order valence-electron chi connectivity index (χ3n) is 6.59. The second kappa shape index (κ2) is 10.9. The summed E-state index contributed by atoms with van der Waals surface area (Å²) in [6.07, 6.45) is 3.69. The number of ether oxygens (including phenoxy) is 2. The summed E-state index contributed by atoms with van der Waals surface area (Å²) in [6, 6.07) is 8.23. The maximum Gasteiger partial charge on any atom is 0.410 e. The molecule has 1 amide bonds. The summed E-state index contributed by atoms with van der Waals surface area (Å²) >= 11 is 0. The van der Waals surface area contributed by atoms with Gasteiger partial charge in [-0.25, -0.2) is 14.2 Å². The Morgan fingerprint density at radius 1 is 1.15 bits per heavy atom. The molecule has 4 aromatic rings. The van der Waals surface area contributed by atoms with Crippen LogP contribution in [0.1, 0.15) is 57.3 Å². The molecule has 0 radical (unpaired) electrons. The van der Waals surface area contributed by atoms with E-state index in [1.165, 1.54) is 17.0 Å². The minimum Gasteiger partial charge on any atom is -0.492 e. The van der Waals surface area contributed by atoms with Gasteiger partial charge in [-0.15, -0.1) is 0 Å². The highest BCUT2D eigenvalue weighted by molar-refractivity contribution is 5.71. The molecule has 10 heteroatoms. The van der Waals surface area contributed by atoms with Crippen LogP contribution in [0.2, 0.25) is 0 Å². The van der Waals surface area contributed by atoms with Crippen LogP contribution in [0.4, 0.5) is 9.18 Å². The molecular weight excluding hydrogens is 513 g/mol. The third kappa shape index (κ3) is 6.44. The first-order chi connectivity index (χ1) is 18.6. The van der Waals surface area contributed by atoms with Crippen molar-refractivity contribution >= 4 is 11.7 Å². The normalized spacial score (nSPS) is 12.2. The lowest BCUT2D eigenvalue weighted by Crippen LogP contribution is -2.34. The summed E-state index contributed by atoms with van der Waals surface area (Å²) in [5, 5.41) is 15.1. The molecule has 0 atom stereocenters. The lowest BCUT2D eigenvalue weighted by molar-refractivity contribution is 0.0282. The number of aromatic nitrogens is 4. The highest BCUT2D eigenvalue weighted by atomic mass is 19.1. The number of amides is 1. The number of fused-ring (bicyclic) bond motifs is 1. The highest BCUT2D eigenvalue weighted by Crippen LogP contribution is 2.32. The van der Waals surface area contributed by atoms with Gasteiger partial charge >= 0.3 is 6.09 Å². The van der Waals surface area contributed by atoms with Gasteiger partial charge in [0.2, 0.25) is 0 Å². The second-order valence-electron chi connectivity index (χ2n) is 11.6. The molecule has 40 heavy (non-hydrogen) atoms. The van der Waals surface area contributed by atoms with Gasteiger partial charge in [0.05, 0.1) is 30.7 Å². The SMILES string of the molecule is Cc1c(CCOc2cc(F)ccc2-c2ccc3ncc(CN(C)C(=O)OC(C)(C)C)n3c2)c(C(C)(C)O)nn1C. The van der Waals surface area contributed by atoms with E-state index in [-0.39, 0.29) is 6.61 Å². The number of rotatable bonds is 8. The van der Waals surface area contributed by atoms with Crippen molar-refractivity contribution in [3.63, 3.8) is 0 Å². The first-order valence-corrected chi connectivity index (χ1v) is 13.2. The highest BCUT2D eigenvalue weighted by Gasteiger charge is 2.26. The predicted molar refractivity (Wildman–Crippen MR) is 151 cm³/mol. The molecule has 3 heterocycles. The van der Waals surface area contributed by atoms with Gasteiger partial charge in [0.25, 0.3) is 0 Å². The van der Waals surface area contributed by atoms with E-state index in [1.807, 2.05) is 57.5 Å². The van der Waals surface area contributed by atoms with E-state index in [0.29, 0.717) is 35.6 Å². The van der Waals surface area contributed by atoms with E-state index in [4.69, 9.17) is 9.47 Å². The molecular formula is C30H38FN5O4. The quantitative estimate of drug-likeness (QED) is 0.315. The topological polar surface area (TPSA) is 94.1 Å². The zero-order chi connectivity index (χ0) is 29.4. The number of halogens is 1. The zero-order valence-electron chi connectivity index (χ0n) is 24.4. The van der Waals surface area contributed by atoms with Crippen molar-refractivity contribution in [3.8, 4) is 16.9 Å². The molecule has 0 bridgehead atoms. The Kier molecular flexibility index (Phi) is 7.94. The summed E-state index contributed by atoms with van der Waals surface area (Å²) in [5.41, 5.74) is 3.79. The monoisotopic (exact) mass is 551 g/mol. The average molecular weight is 552 g/mol. The van der Waals surface area contributed by atoms with Crippen LogP contribution in [-0.2, 0) is 30.4 Å². The van der Waals surface area contributed by atoms with E-state index < -0.39 is 23.1 Å². The van der Waals surface area contributed by atoms with Crippen LogP contribution < -0.4 is 4.74 Å². The van der Waals surface area contributed by atoms with E-state index in [9.17, 15) is 14.3 Å². The molecule has 1 N–H and O–H groups in total. The molecule has 3 aromatic heterocycles. The van der Waals surface area contributed by atoms with Gasteiger partial charge in [-0.3, -0.25) is 4.68 Å². The van der Waals surface area contributed by atoms with Crippen molar-refractivity contribution in [2.45, 2.75) is 65.7 Å². The fourth-order valence-corrected chi connectivity index (χ4v) is 4.51. The summed E-state index contributed by atoms with van der Waals surface area (Å²) in [4.78, 5) is 18.4. The zero-order valence-corrected chi connectivity index (χ0v) is 24.4. The fraction of sp³-hybridized carbons (Fsp3) is 0.433. The van der Waals surface area contributed by atoms with Crippen molar-refractivity contribution in [3.05, 3.63) is 71.2 Å². The van der Waals surface area contributed by atoms with E-state index >= 15 is 0 Å². The van der Waals surface area contributed by atoms with E-state index in [0.717, 1.165) is 22.5 Å². The molecule has 4 rings (SSSR count). The Labute approximate surface area is 234 Å². The van der Waals surface area contributed by atoms with Gasteiger partial charge in [0.1, 0.15) is 28.4 Å². The Morgan fingerprint density at radius 2 is 1.88 bits per heavy atom. The average Bonchev–Trinajstić information content (AvgIpc) is 3.38. The van der Waals surface area contributed by atoms with Gasteiger partial charge in [-0.05, 0) is 65.8 Å². The van der Waals surface area contributed by atoms with Crippen molar-refractivity contribution < 1.29 is 23.8 Å². The number of hydrogen-bond donors (Lipinski definition) is 1. The first kappa shape index (κ1) is 29.1. The van der Waals surface area contributed by atoms with Crippen LogP contribution in [0.15, 0.2) is 42.7 Å². The molecule has 0 spiro atoms. The molecule has 1 aromatic carbocycles. The van der Waals surface area contributed by atoms with Crippen molar-refractivity contribution in [1.82, 2.24) is 24.1 Å². The van der Waals surface area contributed by atoms with Gasteiger partial charge in [-0.2, -0.15) is 5.10 Å². The Hall–Kier alpha value is -3.92. The van der Waals surface area contributed by atoms with Crippen LogP contribution >= 0.6 is 0 Å². The van der Waals surface area contributed by atoms with Crippen molar-refractivity contribution in [2.75, 3.05) is 13.7 Å². The molecule has 214 valence electrons. The third-order valence-corrected chi connectivity index (χ3v) is 6.59. The largest absolute Gasteiger partial charge is 0.492 e. The molecule has 9 nitrogen and oxygen atoms in total. The van der Waals surface area contributed by atoms with Gasteiger partial charge in [-0.1, -0.05) is 0 Å². The predicted octanol–water partition coefficient (Wildman–Crippen LogP) is 5.40. The second-order valence-corrected chi connectivity index (χ2v) is 11.6. The number of carbonyl (C=O) groups excluding carboxylic acids is 1. The Balaban J connectivity index is 1.58. The molecule has 0 aliphatic heterocycles. The first-order valence-electron chi connectivity index (χ1n) is 13.2. The number of carbonyl (C=O) groups is 1. The van der Waals surface area contributed by atoms with Crippen LogP contribution in [0.25, 0.3) is 16.8 Å². The molecule has 0 saturated heterocycles. The number of aryl methyl sites for hydroxylation is 1. The standard InChI is InChI=1S/C30H38FN5O4/c1-19-23(27(30(5,6)38)33-35(19)8)13-14-39-25-15-21(31)10-11-24(25)20-9-12-26-32-16-22(36(26)17-20)18-34(7)28(37)40-29(2,3)4/h9-12,15-17,38H,13-14,18H2,1-8H3.